The molecule has 1 aliphatic heterocycles. The number of aromatic nitrogens is 2. The molecule has 3 heterocycles. The predicted octanol–water partition coefficient (Wildman–Crippen LogP) is 5.29. The lowest BCUT2D eigenvalue weighted by Gasteiger charge is -2.27. The number of fused-ring (bicyclic) bond motifs is 1. The lowest BCUT2D eigenvalue weighted by atomic mass is 10.3. The summed E-state index contributed by atoms with van der Waals surface area (Å²) in [5.74, 6) is 0.980. The van der Waals surface area contributed by atoms with E-state index in [-0.39, 0.29) is 5.82 Å². The van der Waals surface area contributed by atoms with E-state index in [2.05, 4.69) is 38.4 Å². The lowest BCUT2D eigenvalue weighted by Crippen LogP contribution is -2.39. The van der Waals surface area contributed by atoms with E-state index in [9.17, 15) is 4.39 Å². The maximum absolute atomic E-state index is 14.3. The molecule has 0 saturated carbocycles. The summed E-state index contributed by atoms with van der Waals surface area (Å²) in [6, 6.07) is 20.7. The zero-order valence-corrected chi connectivity index (χ0v) is 17.4. The van der Waals surface area contributed by atoms with Crippen LogP contribution in [0.4, 0.5) is 33.2 Å². The summed E-state index contributed by atoms with van der Waals surface area (Å²) >= 11 is 1.74. The number of anilines is 5. The number of benzene rings is 2. The highest BCUT2D eigenvalue weighted by atomic mass is 32.1. The van der Waals surface area contributed by atoms with Crippen molar-refractivity contribution in [1.82, 2.24) is 9.97 Å². The quantitative estimate of drug-likeness (QED) is 0.369. The Kier molecular flexibility index (Phi) is 5.37. The molecule has 1 unspecified atom stereocenters. The van der Waals surface area contributed by atoms with Crippen molar-refractivity contribution >= 4 is 40.2 Å². The molecule has 0 spiro atoms. The molecule has 1 aliphatic rings. The summed E-state index contributed by atoms with van der Waals surface area (Å²) in [7, 11) is 0. The number of hydrogen-bond acceptors (Lipinski definition) is 7. The van der Waals surface area contributed by atoms with Gasteiger partial charge in [-0.15, -0.1) is 11.3 Å². The van der Waals surface area contributed by atoms with Gasteiger partial charge < -0.3 is 16.0 Å². The van der Waals surface area contributed by atoms with Gasteiger partial charge in [-0.3, -0.25) is 4.90 Å². The van der Waals surface area contributed by atoms with Gasteiger partial charge in [0.2, 0.25) is 5.95 Å². The molecule has 3 N–H and O–H groups in total. The van der Waals surface area contributed by atoms with E-state index in [1.165, 1.54) is 10.9 Å². The Morgan fingerprint density at radius 2 is 1.87 bits per heavy atom. The summed E-state index contributed by atoms with van der Waals surface area (Å²) in [5, 5.41) is 12.0. The van der Waals surface area contributed by atoms with Gasteiger partial charge in [-0.05, 0) is 42.1 Å². The van der Waals surface area contributed by atoms with Gasteiger partial charge in [-0.25, -0.2) is 9.37 Å². The normalized spacial score (nSPS) is 14.7. The van der Waals surface area contributed by atoms with Gasteiger partial charge in [0, 0.05) is 17.1 Å². The number of halogens is 1. The second kappa shape index (κ2) is 8.61. The van der Waals surface area contributed by atoms with Gasteiger partial charge in [0.1, 0.15) is 5.82 Å². The van der Waals surface area contributed by atoms with Crippen LogP contribution in [-0.4, -0.2) is 22.8 Å². The van der Waals surface area contributed by atoms with E-state index in [0.717, 1.165) is 30.2 Å². The molecule has 4 aromatic rings. The summed E-state index contributed by atoms with van der Waals surface area (Å²) in [4.78, 5) is 12.5. The van der Waals surface area contributed by atoms with E-state index in [0.29, 0.717) is 11.6 Å². The third-order valence-corrected chi connectivity index (χ3v) is 5.92. The molecule has 0 saturated heterocycles. The third kappa shape index (κ3) is 4.15. The monoisotopic (exact) mass is 432 g/mol. The molecule has 156 valence electrons. The third-order valence-electron chi connectivity index (χ3n) is 4.98. The summed E-state index contributed by atoms with van der Waals surface area (Å²) in [5.41, 5.74) is 2.13. The molecule has 0 bridgehead atoms. The molecule has 0 radical (unpaired) electrons. The lowest BCUT2D eigenvalue weighted by molar-refractivity contribution is 0.627. The number of nitrogens with one attached hydrogen (secondary N) is 3. The van der Waals surface area contributed by atoms with E-state index in [1.54, 1.807) is 35.7 Å². The molecular weight excluding hydrogens is 411 g/mol. The van der Waals surface area contributed by atoms with E-state index >= 15 is 0 Å². The molecule has 2 aromatic heterocycles. The molecule has 0 aliphatic carbocycles. The first-order valence-electron chi connectivity index (χ1n) is 10.0. The van der Waals surface area contributed by atoms with Gasteiger partial charge >= 0.3 is 0 Å². The smallest absolute Gasteiger partial charge is 0.224 e. The van der Waals surface area contributed by atoms with E-state index in [1.807, 2.05) is 35.2 Å². The Hall–Kier alpha value is -3.65. The SMILES string of the molecule is Fc1ccccc1NC1Nc2cnc(NCCc3cccs3)nc2N1c1ccccc1. The minimum Gasteiger partial charge on any atom is -0.354 e. The highest BCUT2D eigenvalue weighted by molar-refractivity contribution is 7.09. The molecule has 2 aromatic carbocycles. The van der Waals surface area contributed by atoms with Crippen molar-refractivity contribution in [2.75, 3.05) is 27.4 Å². The number of para-hydroxylation sites is 2. The van der Waals surface area contributed by atoms with Crippen molar-refractivity contribution in [3.05, 3.63) is 89.0 Å². The molecule has 6 nitrogen and oxygen atoms in total. The van der Waals surface area contributed by atoms with E-state index in [4.69, 9.17) is 4.98 Å². The minimum atomic E-state index is -0.412. The van der Waals surface area contributed by atoms with Crippen molar-refractivity contribution in [1.29, 1.82) is 0 Å². The number of rotatable bonds is 7. The molecule has 1 atom stereocenters. The number of hydrogen-bond donors (Lipinski definition) is 3. The van der Waals surface area contributed by atoms with Crippen molar-refractivity contribution in [2.24, 2.45) is 0 Å². The average molecular weight is 433 g/mol. The van der Waals surface area contributed by atoms with Crippen LogP contribution in [0.25, 0.3) is 0 Å². The van der Waals surface area contributed by atoms with Gasteiger partial charge in [0.25, 0.3) is 0 Å². The average Bonchev–Trinajstić information content (AvgIpc) is 3.43. The number of nitrogens with zero attached hydrogens (tertiary/aromatic N) is 3. The largest absolute Gasteiger partial charge is 0.354 e. The molecule has 8 heteroatoms. The fourth-order valence-corrected chi connectivity index (χ4v) is 4.23. The first kappa shape index (κ1) is 19.3. The van der Waals surface area contributed by atoms with Crippen LogP contribution in [0.1, 0.15) is 4.88 Å². The number of thiophene rings is 1. The molecular formula is C23H21FN6S. The van der Waals surface area contributed by atoms with Crippen LogP contribution >= 0.6 is 11.3 Å². The van der Waals surface area contributed by atoms with Gasteiger partial charge in [0.15, 0.2) is 12.1 Å². The highest BCUT2D eigenvalue weighted by Crippen LogP contribution is 2.38. The standard InChI is InChI=1S/C23H21FN6S/c24-18-10-4-5-11-19(18)27-23-28-20-15-26-22(25-13-12-17-9-6-14-31-17)29-21(20)30(23)16-7-2-1-3-8-16/h1-11,14-15,23,27-28H,12-13H2,(H,25,26,29). The van der Waals surface area contributed by atoms with Crippen molar-refractivity contribution in [3.63, 3.8) is 0 Å². The van der Waals surface area contributed by atoms with Gasteiger partial charge in [0.05, 0.1) is 17.6 Å². The van der Waals surface area contributed by atoms with Crippen LogP contribution in [-0.2, 0) is 6.42 Å². The Bertz CT molecular complexity index is 1150. The van der Waals surface area contributed by atoms with Gasteiger partial charge in [-0.1, -0.05) is 36.4 Å². The summed E-state index contributed by atoms with van der Waals surface area (Å²) in [6.07, 6.45) is 2.26. The molecule has 5 rings (SSSR count). The van der Waals surface area contributed by atoms with Crippen molar-refractivity contribution in [3.8, 4) is 0 Å². The van der Waals surface area contributed by atoms with Crippen LogP contribution in [0.2, 0.25) is 0 Å². The van der Waals surface area contributed by atoms with Crippen LogP contribution in [0.15, 0.2) is 78.3 Å². The second-order valence-electron chi connectivity index (χ2n) is 7.06. The first-order chi connectivity index (χ1) is 15.3. The van der Waals surface area contributed by atoms with Crippen LogP contribution in [0.5, 0.6) is 0 Å². The Balaban J connectivity index is 1.41. The zero-order chi connectivity index (χ0) is 21.0. The summed E-state index contributed by atoms with van der Waals surface area (Å²) < 4.78 is 14.3. The summed E-state index contributed by atoms with van der Waals surface area (Å²) in [6.45, 7) is 0.745. The molecule has 31 heavy (non-hydrogen) atoms. The topological polar surface area (TPSA) is 65.1 Å². The fraction of sp³-hybridized carbons (Fsp3) is 0.130. The predicted molar refractivity (Wildman–Crippen MR) is 125 cm³/mol. The van der Waals surface area contributed by atoms with Crippen molar-refractivity contribution in [2.45, 2.75) is 12.7 Å². The second-order valence-corrected chi connectivity index (χ2v) is 8.10. The maximum Gasteiger partial charge on any atom is 0.224 e. The van der Waals surface area contributed by atoms with Crippen LogP contribution < -0.4 is 20.9 Å². The van der Waals surface area contributed by atoms with Crippen LogP contribution in [0, 0.1) is 5.82 Å². The molecule has 0 amide bonds. The van der Waals surface area contributed by atoms with Crippen molar-refractivity contribution < 1.29 is 4.39 Å². The Morgan fingerprint density at radius 3 is 2.68 bits per heavy atom. The highest BCUT2D eigenvalue weighted by Gasteiger charge is 2.32. The van der Waals surface area contributed by atoms with E-state index < -0.39 is 6.29 Å². The Labute approximate surface area is 183 Å². The van der Waals surface area contributed by atoms with Crippen LogP contribution in [0.3, 0.4) is 0 Å². The Morgan fingerprint density at radius 1 is 1.03 bits per heavy atom. The maximum atomic E-state index is 14.3. The van der Waals surface area contributed by atoms with Gasteiger partial charge in [-0.2, -0.15) is 4.98 Å². The first-order valence-corrected chi connectivity index (χ1v) is 10.9. The fourth-order valence-electron chi connectivity index (χ4n) is 3.52. The zero-order valence-electron chi connectivity index (χ0n) is 16.6. The minimum absolute atomic E-state index is 0.310. The molecule has 0 fully saturated rings.